The highest BCUT2D eigenvalue weighted by atomic mass is 16.2. The van der Waals surface area contributed by atoms with E-state index in [4.69, 9.17) is 5.73 Å². The molecule has 0 saturated heterocycles. The molecule has 1 fully saturated rings. The summed E-state index contributed by atoms with van der Waals surface area (Å²) in [5, 5.41) is 3.03. The molecule has 0 bridgehead atoms. The molecule has 17 heavy (non-hydrogen) atoms. The van der Waals surface area contributed by atoms with Gasteiger partial charge in [-0.3, -0.25) is 4.79 Å². The fourth-order valence-electron chi connectivity index (χ4n) is 2.18. The number of hydrogen-bond acceptors (Lipinski definition) is 3. The molecule has 1 amide bonds. The molecule has 0 aromatic heterocycles. The Balaban J connectivity index is 2.31. The van der Waals surface area contributed by atoms with Crippen LogP contribution in [0.3, 0.4) is 0 Å². The fourth-order valence-corrected chi connectivity index (χ4v) is 2.18. The standard InChI is InChI=1S/C13H27N3O/c1-4-13(5-2,10-14)12(17)15-8-9-16(3)11-6-7-11/h11H,4-10,14H2,1-3H3,(H,15,17). The molecule has 0 radical (unpaired) electrons. The zero-order valence-electron chi connectivity index (χ0n) is 11.5. The lowest BCUT2D eigenvalue weighted by molar-refractivity contribution is -0.131. The van der Waals surface area contributed by atoms with E-state index in [1.807, 2.05) is 13.8 Å². The molecule has 3 N–H and O–H groups in total. The number of carbonyl (C=O) groups excluding carboxylic acids is 1. The number of nitrogens with zero attached hydrogens (tertiary/aromatic N) is 1. The lowest BCUT2D eigenvalue weighted by Gasteiger charge is -2.29. The zero-order valence-corrected chi connectivity index (χ0v) is 11.5. The maximum absolute atomic E-state index is 12.1. The summed E-state index contributed by atoms with van der Waals surface area (Å²) >= 11 is 0. The van der Waals surface area contributed by atoms with Crippen molar-refractivity contribution in [1.82, 2.24) is 10.2 Å². The minimum absolute atomic E-state index is 0.120. The molecule has 1 aliphatic carbocycles. The van der Waals surface area contributed by atoms with Gasteiger partial charge in [0.15, 0.2) is 0 Å². The minimum atomic E-state index is -0.363. The molecule has 0 heterocycles. The number of likely N-dealkylation sites (N-methyl/N-ethyl adjacent to an activating group) is 1. The molecule has 100 valence electrons. The molecule has 0 aromatic carbocycles. The number of nitrogens with one attached hydrogen (secondary N) is 1. The van der Waals surface area contributed by atoms with Crippen LogP contribution < -0.4 is 11.1 Å². The molecule has 1 aliphatic rings. The van der Waals surface area contributed by atoms with Gasteiger partial charge in [0.2, 0.25) is 5.91 Å². The third-order valence-corrected chi connectivity index (χ3v) is 4.15. The molecule has 0 spiro atoms. The average molecular weight is 241 g/mol. The number of nitrogens with two attached hydrogens (primary N) is 1. The Hall–Kier alpha value is -0.610. The van der Waals surface area contributed by atoms with Crippen molar-refractivity contribution in [3.05, 3.63) is 0 Å². The smallest absolute Gasteiger partial charge is 0.227 e. The third-order valence-electron chi connectivity index (χ3n) is 4.15. The van der Waals surface area contributed by atoms with Crippen LogP contribution in [0.2, 0.25) is 0 Å². The van der Waals surface area contributed by atoms with Crippen LogP contribution in [-0.2, 0) is 4.79 Å². The quantitative estimate of drug-likeness (QED) is 0.665. The van der Waals surface area contributed by atoms with Gasteiger partial charge in [-0.15, -0.1) is 0 Å². The summed E-state index contributed by atoms with van der Waals surface area (Å²) in [5.41, 5.74) is 5.39. The van der Waals surface area contributed by atoms with E-state index in [-0.39, 0.29) is 11.3 Å². The summed E-state index contributed by atoms with van der Waals surface area (Å²) in [5.74, 6) is 0.120. The highest BCUT2D eigenvalue weighted by Gasteiger charge is 2.33. The molecule has 0 atom stereocenters. The lowest BCUT2D eigenvalue weighted by atomic mass is 9.81. The third kappa shape index (κ3) is 3.68. The molecule has 4 heteroatoms. The van der Waals surface area contributed by atoms with Gasteiger partial charge in [0, 0.05) is 25.7 Å². The number of hydrogen-bond donors (Lipinski definition) is 2. The first-order chi connectivity index (χ1) is 8.09. The maximum atomic E-state index is 12.1. The van der Waals surface area contributed by atoms with Crippen molar-refractivity contribution < 1.29 is 4.79 Å². The molecular formula is C13H27N3O. The Bertz CT molecular complexity index is 239. The highest BCUT2D eigenvalue weighted by Crippen LogP contribution is 2.26. The van der Waals surface area contributed by atoms with E-state index in [2.05, 4.69) is 17.3 Å². The van der Waals surface area contributed by atoms with E-state index >= 15 is 0 Å². The van der Waals surface area contributed by atoms with Crippen LogP contribution in [0.4, 0.5) is 0 Å². The van der Waals surface area contributed by atoms with Gasteiger partial charge in [0.1, 0.15) is 0 Å². The molecule has 0 aliphatic heterocycles. The molecule has 1 rings (SSSR count). The van der Waals surface area contributed by atoms with Gasteiger partial charge in [-0.2, -0.15) is 0 Å². The second-order valence-electron chi connectivity index (χ2n) is 5.16. The van der Waals surface area contributed by atoms with Crippen molar-refractivity contribution in [3.8, 4) is 0 Å². The summed E-state index contributed by atoms with van der Waals surface area (Å²) in [6.07, 6.45) is 4.23. The summed E-state index contributed by atoms with van der Waals surface area (Å²) in [6.45, 7) is 6.17. The zero-order chi connectivity index (χ0) is 12.9. The topological polar surface area (TPSA) is 58.4 Å². The summed E-state index contributed by atoms with van der Waals surface area (Å²) in [4.78, 5) is 14.4. The van der Waals surface area contributed by atoms with Gasteiger partial charge in [0.05, 0.1) is 5.41 Å². The van der Waals surface area contributed by atoms with Crippen molar-refractivity contribution in [1.29, 1.82) is 0 Å². The van der Waals surface area contributed by atoms with Crippen LogP contribution in [0.15, 0.2) is 0 Å². The van der Waals surface area contributed by atoms with Crippen molar-refractivity contribution in [2.24, 2.45) is 11.1 Å². The molecule has 1 saturated carbocycles. The summed E-state index contributed by atoms with van der Waals surface area (Å²) in [6, 6.07) is 0.753. The Morgan fingerprint density at radius 3 is 2.41 bits per heavy atom. The van der Waals surface area contributed by atoms with Crippen LogP contribution in [0, 0.1) is 5.41 Å². The molecular weight excluding hydrogens is 214 g/mol. The summed E-state index contributed by atoms with van der Waals surface area (Å²) in [7, 11) is 2.12. The monoisotopic (exact) mass is 241 g/mol. The molecule has 0 unspecified atom stereocenters. The second-order valence-corrected chi connectivity index (χ2v) is 5.16. The van der Waals surface area contributed by atoms with Crippen molar-refractivity contribution in [3.63, 3.8) is 0 Å². The fraction of sp³-hybridized carbons (Fsp3) is 0.923. The van der Waals surface area contributed by atoms with E-state index in [0.29, 0.717) is 6.54 Å². The Labute approximate surface area is 105 Å². The maximum Gasteiger partial charge on any atom is 0.227 e. The summed E-state index contributed by atoms with van der Waals surface area (Å²) < 4.78 is 0. The highest BCUT2D eigenvalue weighted by molar-refractivity contribution is 5.82. The van der Waals surface area contributed by atoms with Gasteiger partial charge < -0.3 is 16.0 Å². The SMILES string of the molecule is CCC(CC)(CN)C(=O)NCCN(C)C1CC1. The van der Waals surface area contributed by atoms with Gasteiger partial charge >= 0.3 is 0 Å². The van der Waals surface area contributed by atoms with E-state index in [1.165, 1.54) is 12.8 Å². The normalized spacial score (nSPS) is 16.3. The average Bonchev–Trinajstić information content (AvgIpc) is 3.16. The van der Waals surface area contributed by atoms with Crippen molar-refractivity contribution in [2.45, 2.75) is 45.6 Å². The Morgan fingerprint density at radius 2 is 2.00 bits per heavy atom. The first-order valence-electron chi connectivity index (χ1n) is 6.78. The largest absolute Gasteiger partial charge is 0.354 e. The molecule has 0 aromatic rings. The minimum Gasteiger partial charge on any atom is -0.354 e. The van der Waals surface area contributed by atoms with Gasteiger partial charge in [0.25, 0.3) is 0 Å². The predicted molar refractivity (Wildman–Crippen MR) is 70.7 cm³/mol. The van der Waals surface area contributed by atoms with E-state index in [0.717, 1.165) is 32.0 Å². The molecule has 4 nitrogen and oxygen atoms in total. The second kappa shape index (κ2) is 6.36. The van der Waals surface area contributed by atoms with Crippen LogP contribution in [0.5, 0.6) is 0 Å². The van der Waals surface area contributed by atoms with Gasteiger partial charge in [-0.1, -0.05) is 13.8 Å². The van der Waals surface area contributed by atoms with Crippen LogP contribution >= 0.6 is 0 Å². The van der Waals surface area contributed by atoms with E-state index in [1.54, 1.807) is 0 Å². The number of rotatable bonds is 8. The Kier molecular flexibility index (Phi) is 5.40. The van der Waals surface area contributed by atoms with E-state index in [9.17, 15) is 4.79 Å². The van der Waals surface area contributed by atoms with Gasteiger partial charge in [-0.05, 0) is 32.7 Å². The Morgan fingerprint density at radius 1 is 1.41 bits per heavy atom. The van der Waals surface area contributed by atoms with Crippen LogP contribution in [0.1, 0.15) is 39.5 Å². The van der Waals surface area contributed by atoms with Crippen LogP contribution in [-0.4, -0.2) is 43.5 Å². The number of carbonyl (C=O) groups is 1. The lowest BCUT2D eigenvalue weighted by Crippen LogP contribution is -2.47. The van der Waals surface area contributed by atoms with Crippen LogP contribution in [0.25, 0.3) is 0 Å². The van der Waals surface area contributed by atoms with Crippen molar-refractivity contribution in [2.75, 3.05) is 26.7 Å². The first kappa shape index (κ1) is 14.5. The number of amides is 1. The van der Waals surface area contributed by atoms with Gasteiger partial charge in [-0.25, -0.2) is 0 Å². The predicted octanol–water partition coefficient (Wildman–Crippen LogP) is 0.962. The van der Waals surface area contributed by atoms with E-state index < -0.39 is 0 Å². The first-order valence-corrected chi connectivity index (χ1v) is 6.78. The van der Waals surface area contributed by atoms with Crippen molar-refractivity contribution >= 4 is 5.91 Å².